The van der Waals surface area contributed by atoms with Gasteiger partial charge in [-0.25, -0.2) is 0 Å². The van der Waals surface area contributed by atoms with E-state index in [-0.39, 0.29) is 12.6 Å². The summed E-state index contributed by atoms with van der Waals surface area (Å²) in [7, 11) is 1.68. The number of nitrogens with zero attached hydrogens (tertiary/aromatic N) is 1. The van der Waals surface area contributed by atoms with Crippen molar-refractivity contribution in [2.75, 3.05) is 13.7 Å². The van der Waals surface area contributed by atoms with Gasteiger partial charge < -0.3 is 15.2 Å². The van der Waals surface area contributed by atoms with E-state index in [2.05, 4.69) is 10.3 Å². The second kappa shape index (κ2) is 6.57. The molecule has 1 heterocycles. The third-order valence-corrected chi connectivity index (χ3v) is 3.02. The molecule has 0 aliphatic rings. The predicted octanol–water partition coefficient (Wildman–Crippen LogP) is 1.57. The van der Waals surface area contributed by atoms with Gasteiger partial charge in [0.05, 0.1) is 19.4 Å². The van der Waals surface area contributed by atoms with Gasteiger partial charge in [-0.15, -0.1) is 0 Å². The molecule has 0 saturated carbocycles. The minimum absolute atomic E-state index is 0.128. The molecule has 0 radical (unpaired) electrons. The van der Waals surface area contributed by atoms with Gasteiger partial charge in [-0.3, -0.25) is 4.98 Å². The van der Waals surface area contributed by atoms with Crippen LogP contribution in [0.4, 0.5) is 0 Å². The first-order chi connectivity index (χ1) is 8.13. The number of methoxy groups -OCH3 is 1. The van der Waals surface area contributed by atoms with Crippen LogP contribution in [-0.4, -0.2) is 29.8 Å². The van der Waals surface area contributed by atoms with E-state index in [1.807, 2.05) is 27.0 Å². The second-order valence-electron chi connectivity index (χ2n) is 4.21. The zero-order valence-electron chi connectivity index (χ0n) is 11.1. The van der Waals surface area contributed by atoms with Gasteiger partial charge in [0.2, 0.25) is 0 Å². The number of rotatable bonds is 6. The van der Waals surface area contributed by atoms with Crippen LogP contribution in [0.15, 0.2) is 6.20 Å². The number of aryl methyl sites for hydroxylation is 1. The Morgan fingerprint density at radius 1 is 1.47 bits per heavy atom. The van der Waals surface area contributed by atoms with Crippen molar-refractivity contribution in [2.24, 2.45) is 0 Å². The van der Waals surface area contributed by atoms with E-state index in [0.717, 1.165) is 29.0 Å². The topological polar surface area (TPSA) is 54.4 Å². The lowest BCUT2D eigenvalue weighted by Crippen LogP contribution is -2.31. The maximum Gasteiger partial charge on any atom is 0.128 e. The van der Waals surface area contributed by atoms with Gasteiger partial charge in [0.15, 0.2) is 0 Å². The van der Waals surface area contributed by atoms with Crippen LogP contribution in [0.2, 0.25) is 0 Å². The molecule has 1 atom stereocenters. The highest BCUT2D eigenvalue weighted by Crippen LogP contribution is 2.23. The number of hydrogen-bond donors (Lipinski definition) is 2. The number of nitrogens with one attached hydrogen (secondary N) is 1. The highest BCUT2D eigenvalue weighted by Gasteiger charge is 2.10. The van der Waals surface area contributed by atoms with Crippen molar-refractivity contribution in [3.63, 3.8) is 0 Å². The summed E-state index contributed by atoms with van der Waals surface area (Å²) < 4.78 is 5.36. The lowest BCUT2D eigenvalue weighted by molar-refractivity contribution is 0.238. The van der Waals surface area contributed by atoms with Gasteiger partial charge in [-0.2, -0.15) is 0 Å². The van der Waals surface area contributed by atoms with Crippen LogP contribution >= 0.6 is 0 Å². The molecule has 1 rings (SSSR count). The van der Waals surface area contributed by atoms with Crippen molar-refractivity contribution in [3.05, 3.63) is 23.0 Å². The van der Waals surface area contributed by atoms with Gasteiger partial charge in [0, 0.05) is 29.9 Å². The molecule has 4 nitrogen and oxygen atoms in total. The van der Waals surface area contributed by atoms with Crippen LogP contribution in [0, 0.1) is 13.8 Å². The average molecular weight is 238 g/mol. The summed E-state index contributed by atoms with van der Waals surface area (Å²) in [5.41, 5.74) is 3.08. The first-order valence-electron chi connectivity index (χ1n) is 5.97. The lowest BCUT2D eigenvalue weighted by Gasteiger charge is -2.16. The summed E-state index contributed by atoms with van der Waals surface area (Å²) in [4.78, 5) is 4.40. The third-order valence-electron chi connectivity index (χ3n) is 3.02. The molecular weight excluding hydrogens is 216 g/mol. The van der Waals surface area contributed by atoms with Gasteiger partial charge >= 0.3 is 0 Å². The van der Waals surface area contributed by atoms with Crippen molar-refractivity contribution in [1.82, 2.24) is 10.3 Å². The van der Waals surface area contributed by atoms with Crippen LogP contribution in [0.1, 0.15) is 30.2 Å². The Morgan fingerprint density at radius 3 is 2.71 bits per heavy atom. The van der Waals surface area contributed by atoms with Crippen molar-refractivity contribution in [2.45, 2.75) is 39.8 Å². The Hall–Kier alpha value is -1.13. The predicted molar refractivity (Wildman–Crippen MR) is 68.3 cm³/mol. The molecular formula is C13H22N2O2. The minimum atomic E-state index is 0.128. The molecule has 1 aromatic rings. The van der Waals surface area contributed by atoms with Crippen LogP contribution in [0.25, 0.3) is 0 Å². The molecule has 0 bridgehead atoms. The Bertz CT molecular complexity index is 363. The molecule has 17 heavy (non-hydrogen) atoms. The number of aliphatic hydroxyl groups is 1. The van der Waals surface area contributed by atoms with Gasteiger partial charge in [-0.05, 0) is 20.3 Å². The maximum atomic E-state index is 9.11. The molecule has 4 heteroatoms. The Labute approximate surface area is 103 Å². The number of aliphatic hydroxyl groups excluding tert-OH is 1. The zero-order chi connectivity index (χ0) is 12.8. The van der Waals surface area contributed by atoms with Gasteiger partial charge in [0.1, 0.15) is 5.75 Å². The van der Waals surface area contributed by atoms with E-state index in [1.165, 1.54) is 0 Å². The summed E-state index contributed by atoms with van der Waals surface area (Å²) in [6, 6.07) is 0.128. The van der Waals surface area contributed by atoms with E-state index < -0.39 is 0 Å². The molecule has 0 spiro atoms. The summed E-state index contributed by atoms with van der Waals surface area (Å²) in [6.07, 6.45) is 2.72. The van der Waals surface area contributed by atoms with E-state index in [1.54, 1.807) is 7.11 Å². The second-order valence-corrected chi connectivity index (χ2v) is 4.21. The minimum Gasteiger partial charge on any atom is -0.496 e. The van der Waals surface area contributed by atoms with Crippen molar-refractivity contribution in [1.29, 1.82) is 0 Å². The third kappa shape index (κ3) is 3.41. The summed E-state index contributed by atoms with van der Waals surface area (Å²) in [5.74, 6) is 0.897. The summed E-state index contributed by atoms with van der Waals surface area (Å²) in [6.45, 7) is 6.85. The quantitative estimate of drug-likeness (QED) is 0.790. The van der Waals surface area contributed by atoms with Crippen molar-refractivity contribution in [3.8, 4) is 5.75 Å². The number of pyridine rings is 1. The fourth-order valence-corrected chi connectivity index (χ4v) is 1.83. The molecule has 1 unspecified atom stereocenters. The van der Waals surface area contributed by atoms with Crippen LogP contribution in [0.3, 0.4) is 0 Å². The average Bonchev–Trinajstić information content (AvgIpc) is 2.33. The highest BCUT2D eigenvalue weighted by atomic mass is 16.5. The van der Waals surface area contributed by atoms with Gasteiger partial charge in [0.25, 0.3) is 0 Å². The Morgan fingerprint density at radius 2 is 2.18 bits per heavy atom. The van der Waals surface area contributed by atoms with Crippen LogP contribution < -0.4 is 10.1 Å². The molecule has 0 amide bonds. The van der Waals surface area contributed by atoms with E-state index in [4.69, 9.17) is 9.84 Å². The van der Waals surface area contributed by atoms with E-state index in [9.17, 15) is 0 Å². The van der Waals surface area contributed by atoms with E-state index in [0.29, 0.717) is 6.54 Å². The lowest BCUT2D eigenvalue weighted by atomic mass is 10.1. The van der Waals surface area contributed by atoms with Crippen molar-refractivity contribution >= 4 is 0 Å². The fraction of sp³-hybridized carbons (Fsp3) is 0.615. The Balaban J connectivity index is 2.78. The molecule has 0 aliphatic carbocycles. The monoisotopic (exact) mass is 238 g/mol. The molecule has 1 aromatic heterocycles. The molecule has 2 N–H and O–H groups in total. The molecule has 0 fully saturated rings. The molecule has 0 saturated heterocycles. The normalized spacial score (nSPS) is 12.5. The number of ether oxygens (including phenoxy) is 1. The first-order valence-corrected chi connectivity index (χ1v) is 5.97. The molecule has 0 aromatic carbocycles. The number of aromatic nitrogens is 1. The smallest absolute Gasteiger partial charge is 0.128 e. The summed E-state index contributed by atoms with van der Waals surface area (Å²) >= 11 is 0. The standard InChI is InChI=1S/C13H22N2O2/c1-5-11(8-16)14-7-12-10(3)13(17-4)9(2)6-15-12/h6,11,14,16H,5,7-8H2,1-4H3. The molecule has 96 valence electrons. The zero-order valence-corrected chi connectivity index (χ0v) is 11.1. The highest BCUT2D eigenvalue weighted by molar-refractivity contribution is 5.40. The maximum absolute atomic E-state index is 9.11. The van der Waals surface area contributed by atoms with Gasteiger partial charge in [-0.1, -0.05) is 6.92 Å². The Kier molecular flexibility index (Phi) is 5.38. The molecule has 0 aliphatic heterocycles. The summed E-state index contributed by atoms with van der Waals surface area (Å²) in [5, 5.41) is 12.4. The largest absolute Gasteiger partial charge is 0.496 e. The number of hydrogen-bond acceptors (Lipinski definition) is 4. The SMILES string of the molecule is CCC(CO)NCc1ncc(C)c(OC)c1C. The van der Waals surface area contributed by atoms with Crippen molar-refractivity contribution < 1.29 is 9.84 Å². The van der Waals surface area contributed by atoms with E-state index >= 15 is 0 Å². The van der Waals surface area contributed by atoms with Crippen LogP contribution in [0.5, 0.6) is 5.75 Å². The first kappa shape index (κ1) is 13.9. The van der Waals surface area contributed by atoms with Crippen LogP contribution in [-0.2, 0) is 6.54 Å². The fourth-order valence-electron chi connectivity index (χ4n) is 1.83.